The second kappa shape index (κ2) is 6.74. The highest BCUT2D eigenvalue weighted by molar-refractivity contribution is 7.92. The van der Waals surface area contributed by atoms with Gasteiger partial charge in [0, 0.05) is 0 Å². The van der Waals surface area contributed by atoms with Gasteiger partial charge in [-0.1, -0.05) is 0 Å². The summed E-state index contributed by atoms with van der Waals surface area (Å²) in [5, 5.41) is 7.58. The molecule has 0 radical (unpaired) electrons. The number of hydrogen-bond acceptors (Lipinski definition) is 4. The Morgan fingerprint density at radius 1 is 1.12 bits per heavy atom. The molecule has 0 saturated carbocycles. The second-order valence-corrected chi connectivity index (χ2v) is 6.80. The molecule has 1 N–H and O–H groups in total. The van der Waals surface area contributed by atoms with E-state index in [0.29, 0.717) is 12.1 Å². The fourth-order valence-corrected chi connectivity index (χ4v) is 3.12. The average molecular weight is 389 g/mol. The lowest BCUT2D eigenvalue weighted by Crippen LogP contribution is -2.16. The van der Waals surface area contributed by atoms with E-state index in [0.717, 1.165) is 18.2 Å². The zero-order valence-electron chi connectivity index (χ0n) is 12.1. The Morgan fingerprint density at radius 2 is 1.72 bits per heavy atom. The van der Waals surface area contributed by atoms with E-state index in [1.807, 2.05) is 4.72 Å². The first-order chi connectivity index (χ1) is 11.5. The molecular weight excluding hydrogens is 381 g/mol. The van der Waals surface area contributed by atoms with E-state index in [2.05, 4.69) is 0 Å². The number of carbonyl (C=O) groups excluding carboxylic acids is 1. The smallest absolute Gasteiger partial charge is 0.279 e. The number of alkyl halides is 3. The van der Waals surface area contributed by atoms with Crippen molar-refractivity contribution in [1.82, 2.24) is 0 Å². The number of carbonyl (C=O) groups is 1. The van der Waals surface area contributed by atoms with Crippen LogP contribution in [0.15, 0.2) is 47.4 Å². The molecule has 2 aromatic rings. The van der Waals surface area contributed by atoms with Gasteiger partial charge in [0.1, 0.15) is 0 Å². The first-order valence-corrected chi connectivity index (χ1v) is 8.35. The number of nitrogens with one attached hydrogen (secondary N) is 1. The van der Waals surface area contributed by atoms with Crippen LogP contribution in [-0.2, 0) is 16.2 Å². The largest absolute Gasteiger partial charge is 0.416 e. The predicted octanol–water partition coefficient (Wildman–Crippen LogP) is 3.76. The lowest BCUT2D eigenvalue weighted by Gasteiger charge is -2.14. The van der Waals surface area contributed by atoms with Gasteiger partial charge < -0.3 is 0 Å². The standard InChI is InChI=1S/C15H8ClF3N2O3S/c16-14(22)12-6-3-10(15(17,18)19)7-13(12)21-25(23,24)11-4-1-9(8-20)2-5-11/h1-7,21H. The monoisotopic (exact) mass is 388 g/mol. The molecule has 0 atom stereocenters. The minimum absolute atomic E-state index is 0.203. The fourth-order valence-electron chi connectivity index (χ4n) is 1.89. The fraction of sp³-hybridized carbons (Fsp3) is 0.0667. The predicted molar refractivity (Wildman–Crippen MR) is 83.6 cm³/mol. The Kier molecular flexibility index (Phi) is 5.06. The molecule has 2 rings (SSSR count). The van der Waals surface area contributed by atoms with Crippen LogP contribution in [0.25, 0.3) is 0 Å². The van der Waals surface area contributed by atoms with E-state index in [-0.39, 0.29) is 10.5 Å². The molecule has 0 aliphatic heterocycles. The SMILES string of the molecule is N#Cc1ccc(S(=O)(=O)Nc2cc(C(F)(F)F)ccc2C(=O)Cl)cc1. The maximum atomic E-state index is 12.8. The van der Waals surface area contributed by atoms with Gasteiger partial charge in [-0.25, -0.2) is 8.42 Å². The number of halogens is 4. The van der Waals surface area contributed by atoms with E-state index < -0.39 is 38.3 Å². The van der Waals surface area contributed by atoms with E-state index in [1.54, 1.807) is 6.07 Å². The van der Waals surface area contributed by atoms with Crippen molar-refractivity contribution >= 4 is 32.6 Å². The maximum absolute atomic E-state index is 12.8. The Hall–Kier alpha value is -2.57. The topological polar surface area (TPSA) is 87.0 Å². The first kappa shape index (κ1) is 18.8. The molecule has 2 aromatic carbocycles. The molecule has 0 amide bonds. The van der Waals surface area contributed by atoms with Gasteiger partial charge in [0.05, 0.1) is 33.3 Å². The summed E-state index contributed by atoms with van der Waals surface area (Å²) < 4.78 is 65.0. The average Bonchev–Trinajstić information content (AvgIpc) is 2.53. The summed E-state index contributed by atoms with van der Waals surface area (Å²) in [5.74, 6) is 0. The highest BCUT2D eigenvalue weighted by Crippen LogP contribution is 2.33. The van der Waals surface area contributed by atoms with Gasteiger partial charge in [-0.2, -0.15) is 18.4 Å². The molecule has 0 heterocycles. The van der Waals surface area contributed by atoms with Crippen molar-refractivity contribution in [2.24, 2.45) is 0 Å². The molecule has 130 valence electrons. The van der Waals surface area contributed by atoms with Crippen LogP contribution in [0.2, 0.25) is 0 Å². The summed E-state index contributed by atoms with van der Waals surface area (Å²) in [6.45, 7) is 0. The van der Waals surface area contributed by atoms with Crippen LogP contribution in [0.4, 0.5) is 18.9 Å². The Labute approximate surface area is 145 Å². The normalized spacial score (nSPS) is 11.6. The molecule has 0 bridgehead atoms. The lowest BCUT2D eigenvalue weighted by atomic mass is 10.1. The van der Waals surface area contributed by atoms with Gasteiger partial charge >= 0.3 is 6.18 Å². The molecule has 0 aliphatic carbocycles. The van der Waals surface area contributed by atoms with Crippen LogP contribution in [0.3, 0.4) is 0 Å². The number of benzene rings is 2. The van der Waals surface area contributed by atoms with E-state index in [4.69, 9.17) is 16.9 Å². The van der Waals surface area contributed by atoms with Crippen LogP contribution >= 0.6 is 11.6 Å². The van der Waals surface area contributed by atoms with Crippen molar-refractivity contribution < 1.29 is 26.4 Å². The first-order valence-electron chi connectivity index (χ1n) is 6.48. The second-order valence-electron chi connectivity index (χ2n) is 4.77. The van der Waals surface area contributed by atoms with Gasteiger partial charge in [-0.05, 0) is 54.1 Å². The molecule has 0 unspecified atom stereocenters. The van der Waals surface area contributed by atoms with E-state index >= 15 is 0 Å². The van der Waals surface area contributed by atoms with Crippen LogP contribution in [0, 0.1) is 11.3 Å². The summed E-state index contributed by atoms with van der Waals surface area (Å²) in [5.41, 5.74) is -1.97. The van der Waals surface area contributed by atoms with Gasteiger partial charge in [0.2, 0.25) is 0 Å². The number of nitrogens with zero attached hydrogens (tertiary/aromatic N) is 1. The highest BCUT2D eigenvalue weighted by Gasteiger charge is 2.32. The third-order valence-electron chi connectivity index (χ3n) is 3.10. The minimum Gasteiger partial charge on any atom is -0.279 e. The Bertz CT molecular complexity index is 965. The van der Waals surface area contributed by atoms with Crippen LogP contribution in [-0.4, -0.2) is 13.7 Å². The molecule has 0 aromatic heterocycles. The molecule has 0 spiro atoms. The van der Waals surface area contributed by atoms with Crippen molar-refractivity contribution in [1.29, 1.82) is 5.26 Å². The molecule has 0 aliphatic rings. The molecular formula is C15H8ClF3N2O3S. The molecule has 0 fully saturated rings. The maximum Gasteiger partial charge on any atom is 0.416 e. The number of rotatable bonds is 4. The number of sulfonamides is 1. The number of anilines is 1. The summed E-state index contributed by atoms with van der Waals surface area (Å²) in [6.07, 6.45) is -4.73. The van der Waals surface area contributed by atoms with Crippen molar-refractivity contribution in [2.45, 2.75) is 11.1 Å². The molecule has 10 heteroatoms. The van der Waals surface area contributed by atoms with Gasteiger partial charge in [0.15, 0.2) is 0 Å². The molecule has 5 nitrogen and oxygen atoms in total. The van der Waals surface area contributed by atoms with Crippen molar-refractivity contribution in [3.05, 3.63) is 59.2 Å². The number of nitriles is 1. The van der Waals surface area contributed by atoms with Crippen molar-refractivity contribution in [2.75, 3.05) is 4.72 Å². The van der Waals surface area contributed by atoms with Crippen LogP contribution in [0.5, 0.6) is 0 Å². The third-order valence-corrected chi connectivity index (χ3v) is 4.68. The third kappa shape index (κ3) is 4.29. The molecule has 25 heavy (non-hydrogen) atoms. The van der Waals surface area contributed by atoms with Crippen LogP contribution < -0.4 is 4.72 Å². The Morgan fingerprint density at radius 3 is 2.20 bits per heavy atom. The molecule has 0 saturated heterocycles. The van der Waals surface area contributed by atoms with Gasteiger partial charge in [-0.15, -0.1) is 0 Å². The summed E-state index contributed by atoms with van der Waals surface area (Å²) in [4.78, 5) is 11.1. The zero-order valence-corrected chi connectivity index (χ0v) is 13.7. The van der Waals surface area contributed by atoms with Gasteiger partial charge in [-0.3, -0.25) is 9.52 Å². The quantitative estimate of drug-likeness (QED) is 0.808. The summed E-state index contributed by atoms with van der Waals surface area (Å²) in [6, 6.07) is 8.37. The van der Waals surface area contributed by atoms with Crippen molar-refractivity contribution in [3.8, 4) is 6.07 Å². The zero-order chi connectivity index (χ0) is 18.8. The van der Waals surface area contributed by atoms with Crippen LogP contribution in [0.1, 0.15) is 21.5 Å². The van der Waals surface area contributed by atoms with E-state index in [1.165, 1.54) is 12.1 Å². The summed E-state index contributed by atoms with van der Waals surface area (Å²) in [7, 11) is -4.29. The van der Waals surface area contributed by atoms with E-state index in [9.17, 15) is 26.4 Å². The highest BCUT2D eigenvalue weighted by atomic mass is 35.5. The lowest BCUT2D eigenvalue weighted by molar-refractivity contribution is -0.137. The van der Waals surface area contributed by atoms with Crippen molar-refractivity contribution in [3.63, 3.8) is 0 Å². The minimum atomic E-state index is -4.73. The van der Waals surface area contributed by atoms with Gasteiger partial charge in [0.25, 0.3) is 15.3 Å². The number of hydrogen-bond donors (Lipinski definition) is 1. The summed E-state index contributed by atoms with van der Waals surface area (Å²) >= 11 is 5.30. The Balaban J connectivity index is 2.49.